The second kappa shape index (κ2) is 7.10. The monoisotopic (exact) mass is 307 g/mol. The summed E-state index contributed by atoms with van der Waals surface area (Å²) in [5.41, 5.74) is -0.381. The lowest BCUT2D eigenvalue weighted by Gasteiger charge is -2.22. The SMILES string of the molecule is O=[N+]([O-])c1ccc(N(CCCl)CCCl)c([N+](=O)[O-])c1. The summed E-state index contributed by atoms with van der Waals surface area (Å²) in [6.45, 7) is 0.736. The second-order valence-electron chi connectivity index (χ2n) is 3.55. The van der Waals surface area contributed by atoms with E-state index in [1.54, 1.807) is 4.90 Å². The molecule has 0 atom stereocenters. The average molecular weight is 308 g/mol. The van der Waals surface area contributed by atoms with Gasteiger partial charge in [-0.25, -0.2) is 0 Å². The highest BCUT2D eigenvalue weighted by molar-refractivity contribution is 6.18. The van der Waals surface area contributed by atoms with Crippen LogP contribution in [0.15, 0.2) is 18.2 Å². The van der Waals surface area contributed by atoms with Crippen molar-refractivity contribution >= 4 is 40.3 Å². The number of hydrogen-bond donors (Lipinski definition) is 0. The van der Waals surface area contributed by atoms with Gasteiger partial charge in [0, 0.05) is 30.9 Å². The largest absolute Gasteiger partial charge is 0.364 e. The minimum Gasteiger partial charge on any atom is -0.364 e. The first-order valence-electron chi connectivity index (χ1n) is 5.31. The fourth-order valence-electron chi connectivity index (χ4n) is 1.60. The lowest BCUT2D eigenvalue weighted by atomic mass is 10.2. The molecule has 0 aliphatic carbocycles. The van der Waals surface area contributed by atoms with Crippen LogP contribution in [0.1, 0.15) is 0 Å². The van der Waals surface area contributed by atoms with Gasteiger partial charge in [0.05, 0.1) is 15.9 Å². The predicted octanol–water partition coefficient (Wildman–Crippen LogP) is 2.79. The van der Waals surface area contributed by atoms with E-state index in [1.165, 1.54) is 12.1 Å². The number of anilines is 1. The van der Waals surface area contributed by atoms with Crippen molar-refractivity contribution in [3.05, 3.63) is 38.4 Å². The first-order valence-corrected chi connectivity index (χ1v) is 6.38. The molecule has 1 rings (SSSR count). The van der Waals surface area contributed by atoms with E-state index >= 15 is 0 Å². The minimum atomic E-state index is -0.676. The van der Waals surface area contributed by atoms with Crippen LogP contribution in [-0.4, -0.2) is 34.7 Å². The first kappa shape index (κ1) is 15.5. The Morgan fingerprint density at radius 2 is 1.63 bits per heavy atom. The van der Waals surface area contributed by atoms with E-state index < -0.39 is 9.85 Å². The zero-order valence-electron chi connectivity index (χ0n) is 9.79. The molecule has 0 fully saturated rings. The molecular formula is C10H11Cl2N3O4. The molecule has 9 heteroatoms. The van der Waals surface area contributed by atoms with Crippen molar-refractivity contribution in [1.82, 2.24) is 0 Å². The van der Waals surface area contributed by atoms with E-state index in [2.05, 4.69) is 0 Å². The lowest BCUT2D eigenvalue weighted by Crippen LogP contribution is -2.28. The number of hydrogen-bond acceptors (Lipinski definition) is 5. The number of benzene rings is 1. The van der Waals surface area contributed by atoms with Gasteiger partial charge < -0.3 is 4.90 Å². The van der Waals surface area contributed by atoms with Gasteiger partial charge in [-0.1, -0.05) is 0 Å². The van der Waals surface area contributed by atoms with Crippen LogP contribution in [0.4, 0.5) is 17.1 Å². The zero-order chi connectivity index (χ0) is 14.4. The van der Waals surface area contributed by atoms with Crippen LogP contribution in [-0.2, 0) is 0 Å². The van der Waals surface area contributed by atoms with Crippen LogP contribution in [0.2, 0.25) is 0 Å². The molecule has 0 aliphatic heterocycles. The number of nitrogens with zero attached hydrogens (tertiary/aromatic N) is 3. The maximum Gasteiger partial charge on any atom is 0.299 e. The molecule has 0 heterocycles. The van der Waals surface area contributed by atoms with Crippen molar-refractivity contribution in [3.8, 4) is 0 Å². The molecular weight excluding hydrogens is 297 g/mol. The summed E-state index contributed by atoms with van der Waals surface area (Å²) in [5, 5.41) is 21.6. The van der Waals surface area contributed by atoms with Crippen LogP contribution in [0.25, 0.3) is 0 Å². The van der Waals surface area contributed by atoms with Gasteiger partial charge in [-0.15, -0.1) is 23.2 Å². The summed E-state index contributed by atoms with van der Waals surface area (Å²) in [4.78, 5) is 21.9. The van der Waals surface area contributed by atoms with Crippen molar-refractivity contribution in [2.45, 2.75) is 0 Å². The Balaban J connectivity index is 3.24. The molecule has 104 valence electrons. The highest BCUT2D eigenvalue weighted by Crippen LogP contribution is 2.31. The Hall–Kier alpha value is -1.60. The summed E-state index contributed by atoms with van der Waals surface area (Å²) < 4.78 is 0. The van der Waals surface area contributed by atoms with E-state index in [-0.39, 0.29) is 28.8 Å². The van der Waals surface area contributed by atoms with E-state index in [1.807, 2.05) is 0 Å². The molecule has 0 aliphatic rings. The third-order valence-corrected chi connectivity index (χ3v) is 2.75. The number of non-ortho nitro benzene ring substituents is 1. The average Bonchev–Trinajstić information content (AvgIpc) is 2.37. The molecule has 0 radical (unpaired) electrons. The van der Waals surface area contributed by atoms with Gasteiger partial charge >= 0.3 is 0 Å². The molecule has 1 aromatic carbocycles. The van der Waals surface area contributed by atoms with Crippen LogP contribution in [0.5, 0.6) is 0 Å². The van der Waals surface area contributed by atoms with Gasteiger partial charge in [0.2, 0.25) is 0 Å². The zero-order valence-corrected chi connectivity index (χ0v) is 11.3. The Morgan fingerprint density at radius 1 is 1.05 bits per heavy atom. The van der Waals surface area contributed by atoms with Crippen LogP contribution in [0.3, 0.4) is 0 Å². The Morgan fingerprint density at radius 3 is 2.05 bits per heavy atom. The highest BCUT2D eigenvalue weighted by atomic mass is 35.5. The standard InChI is InChI=1S/C10H11Cl2N3O4/c11-3-5-13(6-4-12)9-2-1-8(14(16)17)7-10(9)15(18)19/h1-2,7H,3-6H2. The van der Waals surface area contributed by atoms with Crippen LogP contribution >= 0.6 is 23.2 Å². The van der Waals surface area contributed by atoms with E-state index in [9.17, 15) is 20.2 Å². The summed E-state index contributed by atoms with van der Waals surface area (Å²) in [5.74, 6) is 0.538. The number of halogens is 2. The van der Waals surface area contributed by atoms with Gasteiger partial charge in [-0.3, -0.25) is 20.2 Å². The summed E-state index contributed by atoms with van der Waals surface area (Å²) >= 11 is 11.3. The van der Waals surface area contributed by atoms with Crippen LogP contribution < -0.4 is 4.90 Å². The van der Waals surface area contributed by atoms with Gasteiger partial charge in [0.25, 0.3) is 11.4 Å². The molecule has 0 unspecified atom stereocenters. The van der Waals surface area contributed by atoms with Crippen molar-refractivity contribution < 1.29 is 9.85 Å². The molecule has 0 spiro atoms. The summed E-state index contributed by atoms with van der Waals surface area (Å²) in [6.07, 6.45) is 0. The lowest BCUT2D eigenvalue weighted by molar-refractivity contribution is -0.393. The second-order valence-corrected chi connectivity index (χ2v) is 4.31. The first-order chi connectivity index (χ1) is 9.01. The third kappa shape index (κ3) is 3.93. The number of alkyl halides is 2. The molecule has 7 nitrogen and oxygen atoms in total. The summed E-state index contributed by atoms with van der Waals surface area (Å²) in [7, 11) is 0. The molecule has 0 amide bonds. The predicted molar refractivity (Wildman–Crippen MR) is 73.4 cm³/mol. The number of rotatable bonds is 7. The minimum absolute atomic E-state index is 0.269. The Bertz CT molecular complexity index is 478. The Labute approximate surface area is 119 Å². The van der Waals surface area contributed by atoms with Gasteiger partial charge in [-0.2, -0.15) is 0 Å². The molecule has 0 saturated carbocycles. The van der Waals surface area contributed by atoms with Gasteiger partial charge in [0.15, 0.2) is 0 Å². The van der Waals surface area contributed by atoms with Crippen LogP contribution in [0, 0.1) is 20.2 Å². The van der Waals surface area contributed by atoms with Crippen molar-refractivity contribution in [2.24, 2.45) is 0 Å². The highest BCUT2D eigenvalue weighted by Gasteiger charge is 2.22. The molecule has 1 aromatic rings. The van der Waals surface area contributed by atoms with E-state index in [0.29, 0.717) is 13.1 Å². The van der Waals surface area contributed by atoms with Crippen molar-refractivity contribution in [3.63, 3.8) is 0 Å². The molecule has 0 saturated heterocycles. The van der Waals surface area contributed by atoms with Gasteiger partial charge in [0.1, 0.15) is 5.69 Å². The Kier molecular flexibility index (Phi) is 5.78. The third-order valence-electron chi connectivity index (χ3n) is 2.42. The van der Waals surface area contributed by atoms with Crippen molar-refractivity contribution in [2.75, 3.05) is 29.7 Å². The maximum atomic E-state index is 11.0. The van der Waals surface area contributed by atoms with E-state index in [4.69, 9.17) is 23.2 Å². The molecule has 0 aromatic heterocycles. The topological polar surface area (TPSA) is 89.5 Å². The maximum absolute atomic E-state index is 11.0. The summed E-state index contributed by atoms with van der Waals surface area (Å²) in [6, 6.07) is 3.50. The normalized spacial score (nSPS) is 10.2. The number of nitro groups is 2. The number of nitro benzene ring substituents is 2. The quantitative estimate of drug-likeness (QED) is 0.439. The smallest absolute Gasteiger partial charge is 0.299 e. The van der Waals surface area contributed by atoms with Crippen molar-refractivity contribution in [1.29, 1.82) is 0 Å². The fourth-order valence-corrected chi connectivity index (χ4v) is 2.00. The molecule has 0 N–H and O–H groups in total. The molecule has 0 bridgehead atoms. The van der Waals surface area contributed by atoms with Gasteiger partial charge in [-0.05, 0) is 6.07 Å². The van der Waals surface area contributed by atoms with E-state index in [0.717, 1.165) is 6.07 Å². The molecule has 19 heavy (non-hydrogen) atoms. The fraction of sp³-hybridized carbons (Fsp3) is 0.400.